The lowest BCUT2D eigenvalue weighted by molar-refractivity contribution is 0.0951. The summed E-state index contributed by atoms with van der Waals surface area (Å²) < 4.78 is 0. The zero-order valence-electron chi connectivity index (χ0n) is 15.3. The molecular formula is C23H23N3O. The van der Waals surface area contributed by atoms with Crippen LogP contribution in [0.1, 0.15) is 27.9 Å². The van der Waals surface area contributed by atoms with Crippen LogP contribution in [0.2, 0.25) is 0 Å². The first-order valence-corrected chi connectivity index (χ1v) is 9.38. The average molecular weight is 357 g/mol. The van der Waals surface area contributed by atoms with Crippen molar-refractivity contribution in [2.45, 2.75) is 19.5 Å². The van der Waals surface area contributed by atoms with E-state index in [4.69, 9.17) is 0 Å². The highest BCUT2D eigenvalue weighted by Crippen LogP contribution is 2.22. The number of nitrogens with one attached hydrogen (secondary N) is 1. The van der Waals surface area contributed by atoms with Gasteiger partial charge in [0.2, 0.25) is 0 Å². The van der Waals surface area contributed by atoms with Crippen molar-refractivity contribution in [2.24, 2.45) is 0 Å². The minimum Gasteiger partial charge on any atom is -0.352 e. The number of aromatic nitrogens is 1. The van der Waals surface area contributed by atoms with Gasteiger partial charge in [-0.05, 0) is 41.8 Å². The van der Waals surface area contributed by atoms with E-state index in [2.05, 4.69) is 39.5 Å². The first-order chi connectivity index (χ1) is 13.3. The van der Waals surface area contributed by atoms with Crippen LogP contribution >= 0.6 is 0 Å². The van der Waals surface area contributed by atoms with Crippen molar-refractivity contribution in [1.82, 2.24) is 15.2 Å². The van der Waals surface area contributed by atoms with Crippen LogP contribution in [0.25, 0.3) is 11.3 Å². The summed E-state index contributed by atoms with van der Waals surface area (Å²) in [4.78, 5) is 19.2. The molecule has 1 aliphatic heterocycles. The number of hydrogen-bond acceptors (Lipinski definition) is 3. The monoisotopic (exact) mass is 357 g/mol. The minimum atomic E-state index is -0.0301. The second-order valence-corrected chi connectivity index (χ2v) is 6.88. The van der Waals surface area contributed by atoms with E-state index in [-0.39, 0.29) is 5.91 Å². The topological polar surface area (TPSA) is 45.2 Å². The average Bonchev–Trinajstić information content (AvgIpc) is 3.15. The molecular weight excluding hydrogens is 334 g/mol. The van der Waals surface area contributed by atoms with E-state index in [9.17, 15) is 4.79 Å². The molecule has 3 aromatic rings. The van der Waals surface area contributed by atoms with E-state index >= 15 is 0 Å². The van der Waals surface area contributed by atoms with Gasteiger partial charge in [-0.3, -0.25) is 14.7 Å². The highest BCUT2D eigenvalue weighted by Gasteiger charge is 2.17. The normalized spacial score (nSPS) is 13.3. The summed E-state index contributed by atoms with van der Waals surface area (Å²) in [6.45, 7) is 3.69. The Morgan fingerprint density at radius 2 is 1.74 bits per heavy atom. The maximum absolute atomic E-state index is 12.5. The predicted molar refractivity (Wildman–Crippen MR) is 107 cm³/mol. The van der Waals surface area contributed by atoms with E-state index in [1.54, 1.807) is 6.20 Å². The van der Waals surface area contributed by atoms with Crippen molar-refractivity contribution in [3.63, 3.8) is 0 Å². The van der Waals surface area contributed by atoms with Crippen molar-refractivity contribution in [3.8, 4) is 11.3 Å². The molecule has 1 aromatic heterocycles. The van der Waals surface area contributed by atoms with Crippen LogP contribution in [0.15, 0.2) is 72.9 Å². The largest absolute Gasteiger partial charge is 0.352 e. The van der Waals surface area contributed by atoms with Crippen LogP contribution < -0.4 is 5.32 Å². The van der Waals surface area contributed by atoms with Crippen LogP contribution in [0, 0.1) is 0 Å². The lowest BCUT2D eigenvalue weighted by Crippen LogP contribution is -2.27. The molecule has 4 heteroatoms. The quantitative estimate of drug-likeness (QED) is 0.681. The molecule has 0 saturated heterocycles. The third kappa shape index (κ3) is 4.23. The van der Waals surface area contributed by atoms with Gasteiger partial charge in [-0.2, -0.15) is 0 Å². The van der Waals surface area contributed by atoms with Crippen molar-refractivity contribution in [3.05, 3.63) is 89.6 Å². The molecule has 136 valence electrons. The zero-order chi connectivity index (χ0) is 18.5. The van der Waals surface area contributed by atoms with Crippen LogP contribution in [-0.2, 0) is 13.1 Å². The summed E-state index contributed by atoms with van der Waals surface area (Å²) in [5.74, 6) is -0.0301. The number of pyridine rings is 1. The minimum absolute atomic E-state index is 0.0301. The Balaban J connectivity index is 1.27. The molecule has 1 aliphatic rings. The van der Waals surface area contributed by atoms with Gasteiger partial charge in [-0.15, -0.1) is 0 Å². The first-order valence-electron chi connectivity index (χ1n) is 9.38. The fraction of sp³-hybridized carbons (Fsp3) is 0.217. The number of amides is 1. The molecule has 0 unspecified atom stereocenters. The van der Waals surface area contributed by atoms with Crippen LogP contribution in [0.3, 0.4) is 0 Å². The van der Waals surface area contributed by atoms with Crippen molar-refractivity contribution in [2.75, 3.05) is 13.1 Å². The third-order valence-electron chi connectivity index (χ3n) is 4.93. The smallest absolute Gasteiger partial charge is 0.251 e. The van der Waals surface area contributed by atoms with Crippen LogP contribution in [0.5, 0.6) is 0 Å². The zero-order valence-corrected chi connectivity index (χ0v) is 15.3. The number of rotatable bonds is 6. The van der Waals surface area contributed by atoms with E-state index in [0.29, 0.717) is 12.1 Å². The molecule has 0 bridgehead atoms. The summed E-state index contributed by atoms with van der Waals surface area (Å²) in [5.41, 5.74) is 5.35. The Labute approximate surface area is 159 Å². The van der Waals surface area contributed by atoms with Crippen molar-refractivity contribution >= 4 is 5.91 Å². The van der Waals surface area contributed by atoms with Gasteiger partial charge in [0.25, 0.3) is 5.91 Å². The number of benzene rings is 2. The van der Waals surface area contributed by atoms with Gasteiger partial charge < -0.3 is 5.32 Å². The Kier molecular flexibility index (Phi) is 5.26. The second kappa shape index (κ2) is 8.14. The summed E-state index contributed by atoms with van der Waals surface area (Å²) >= 11 is 0. The highest BCUT2D eigenvalue weighted by atomic mass is 16.1. The molecule has 4 nitrogen and oxygen atoms in total. The van der Waals surface area contributed by atoms with Gasteiger partial charge >= 0.3 is 0 Å². The maximum Gasteiger partial charge on any atom is 0.251 e. The number of carbonyl (C=O) groups excluding carboxylic acids is 1. The standard InChI is InChI=1S/C23H23N3O/c27-23(19-10-5-9-18(15-19)22-11-3-4-12-24-22)25-13-6-14-26-16-20-7-1-2-8-21(20)17-26/h1-5,7-12,15H,6,13-14,16-17H2,(H,25,27). The van der Waals surface area contributed by atoms with Crippen molar-refractivity contribution < 1.29 is 4.79 Å². The summed E-state index contributed by atoms with van der Waals surface area (Å²) in [6.07, 6.45) is 2.71. The Hall–Kier alpha value is -2.98. The Morgan fingerprint density at radius 3 is 2.48 bits per heavy atom. The van der Waals surface area contributed by atoms with Gasteiger partial charge in [-0.25, -0.2) is 0 Å². The first kappa shape index (κ1) is 17.4. The Morgan fingerprint density at radius 1 is 0.963 bits per heavy atom. The van der Waals surface area contributed by atoms with E-state index in [0.717, 1.165) is 37.3 Å². The SMILES string of the molecule is O=C(NCCCN1Cc2ccccc2C1)c1cccc(-c2ccccn2)c1. The Bertz CT molecular complexity index is 899. The molecule has 2 heterocycles. The molecule has 1 amide bonds. The number of carbonyl (C=O) groups is 1. The third-order valence-corrected chi connectivity index (χ3v) is 4.93. The summed E-state index contributed by atoms with van der Waals surface area (Å²) in [5, 5.41) is 3.04. The molecule has 0 saturated carbocycles. The molecule has 2 aromatic carbocycles. The molecule has 27 heavy (non-hydrogen) atoms. The fourth-order valence-electron chi connectivity index (χ4n) is 3.52. The second-order valence-electron chi connectivity index (χ2n) is 6.88. The van der Waals surface area contributed by atoms with Gasteiger partial charge in [-0.1, -0.05) is 42.5 Å². The maximum atomic E-state index is 12.5. The van der Waals surface area contributed by atoms with E-state index < -0.39 is 0 Å². The lowest BCUT2D eigenvalue weighted by atomic mass is 10.1. The predicted octanol–water partition coefficient (Wildman–Crippen LogP) is 3.88. The number of fused-ring (bicyclic) bond motifs is 1. The highest BCUT2D eigenvalue weighted by molar-refractivity contribution is 5.95. The molecule has 1 N–H and O–H groups in total. The molecule has 0 fully saturated rings. The summed E-state index contributed by atoms with van der Waals surface area (Å²) in [6, 6.07) is 22.0. The lowest BCUT2D eigenvalue weighted by Gasteiger charge is -2.14. The molecule has 0 aliphatic carbocycles. The molecule has 0 atom stereocenters. The van der Waals surface area contributed by atoms with Gasteiger partial charge in [0.1, 0.15) is 0 Å². The van der Waals surface area contributed by atoms with Crippen molar-refractivity contribution in [1.29, 1.82) is 0 Å². The van der Waals surface area contributed by atoms with Gasteiger partial charge in [0, 0.05) is 43.5 Å². The fourth-order valence-corrected chi connectivity index (χ4v) is 3.52. The van der Waals surface area contributed by atoms with E-state index in [1.165, 1.54) is 11.1 Å². The van der Waals surface area contributed by atoms with Crippen LogP contribution in [0.4, 0.5) is 0 Å². The molecule has 0 radical (unpaired) electrons. The van der Waals surface area contributed by atoms with Gasteiger partial charge in [0.15, 0.2) is 0 Å². The number of hydrogen-bond donors (Lipinski definition) is 1. The summed E-state index contributed by atoms with van der Waals surface area (Å²) in [7, 11) is 0. The molecule has 0 spiro atoms. The van der Waals surface area contributed by atoms with Gasteiger partial charge in [0.05, 0.1) is 5.69 Å². The number of nitrogens with zero attached hydrogens (tertiary/aromatic N) is 2. The molecule has 4 rings (SSSR count). The van der Waals surface area contributed by atoms with E-state index in [1.807, 2.05) is 42.5 Å². The van der Waals surface area contributed by atoms with Crippen LogP contribution in [-0.4, -0.2) is 28.9 Å².